The van der Waals surface area contributed by atoms with Gasteiger partial charge in [0.05, 0.1) is 12.2 Å². The van der Waals surface area contributed by atoms with Gasteiger partial charge in [0.15, 0.2) is 0 Å². The van der Waals surface area contributed by atoms with Crippen LogP contribution in [-0.2, 0) is 28.6 Å². The number of ether oxygens (including phenoxy) is 2. The minimum absolute atomic E-state index is 0.0776. The van der Waals surface area contributed by atoms with E-state index in [0.29, 0.717) is 0 Å². The Hall–Kier alpha value is -1.98. The van der Waals surface area contributed by atoms with Gasteiger partial charge >= 0.3 is 27.7 Å². The summed E-state index contributed by atoms with van der Waals surface area (Å²) in [5, 5.41) is 0. The second-order valence-corrected chi connectivity index (χ2v) is 8.62. The van der Waals surface area contributed by atoms with E-state index in [1.54, 1.807) is 27.7 Å². The molecular weight excluding hydrogens is 407 g/mol. The highest BCUT2D eigenvalue weighted by atomic mass is 32.2. The van der Waals surface area contributed by atoms with E-state index < -0.39 is 51.5 Å². The van der Waals surface area contributed by atoms with Crippen molar-refractivity contribution in [2.75, 3.05) is 13.2 Å². The molecule has 28 heavy (non-hydrogen) atoms. The van der Waals surface area contributed by atoms with Crippen molar-refractivity contribution in [3.63, 3.8) is 0 Å². The highest BCUT2D eigenvalue weighted by molar-refractivity contribution is 7.87. The molecule has 1 rings (SSSR count). The number of esters is 1. The van der Waals surface area contributed by atoms with Crippen LogP contribution in [0.15, 0.2) is 11.3 Å². The van der Waals surface area contributed by atoms with Gasteiger partial charge in [-0.15, -0.1) is 0 Å². The molecule has 12 heteroatoms. The third-order valence-corrected chi connectivity index (χ3v) is 4.58. The third kappa shape index (κ3) is 6.28. The van der Waals surface area contributed by atoms with Crippen LogP contribution in [0, 0.1) is 0 Å². The first-order chi connectivity index (χ1) is 12.6. The van der Waals surface area contributed by atoms with E-state index in [2.05, 4.69) is 4.18 Å². The van der Waals surface area contributed by atoms with Gasteiger partial charge < -0.3 is 18.6 Å². The van der Waals surface area contributed by atoms with Gasteiger partial charge in [-0.1, -0.05) is 0 Å². The van der Waals surface area contributed by atoms with Crippen LogP contribution >= 0.6 is 0 Å². The van der Waals surface area contributed by atoms with E-state index in [0.717, 1.165) is 0 Å². The number of hydrogen-bond acceptors (Lipinski definition) is 7. The van der Waals surface area contributed by atoms with Crippen molar-refractivity contribution < 1.29 is 44.8 Å². The maximum Gasteiger partial charge on any atom is 0.534 e. The van der Waals surface area contributed by atoms with Gasteiger partial charge in [-0.3, -0.25) is 0 Å². The Morgan fingerprint density at radius 2 is 1.79 bits per heavy atom. The number of nitrogens with zero attached hydrogens (tertiary/aromatic N) is 1. The molecule has 1 aliphatic rings. The van der Waals surface area contributed by atoms with Crippen LogP contribution in [0.4, 0.5) is 18.0 Å². The van der Waals surface area contributed by atoms with Crippen LogP contribution in [0.5, 0.6) is 0 Å². The van der Waals surface area contributed by atoms with Gasteiger partial charge in [0.1, 0.15) is 11.4 Å². The normalized spacial score (nSPS) is 19.1. The van der Waals surface area contributed by atoms with Crippen molar-refractivity contribution >= 4 is 22.2 Å². The molecule has 1 atom stereocenters. The minimum Gasteiger partial charge on any atom is -0.463 e. The highest BCUT2D eigenvalue weighted by Gasteiger charge is 2.49. The van der Waals surface area contributed by atoms with E-state index in [1.165, 1.54) is 11.8 Å². The SMILES string of the molecule is CCOC(=O)C1=C(OS(=O)(=O)C(F)(F)F)CCN(C(=O)OC(C)(C)C)C(C)C1. The summed E-state index contributed by atoms with van der Waals surface area (Å²) in [5.41, 5.74) is -6.85. The van der Waals surface area contributed by atoms with Crippen LogP contribution in [0.1, 0.15) is 47.5 Å². The number of carbonyl (C=O) groups is 2. The van der Waals surface area contributed by atoms with Gasteiger partial charge in [-0.25, -0.2) is 9.59 Å². The molecule has 0 fully saturated rings. The lowest BCUT2D eigenvalue weighted by molar-refractivity contribution is -0.139. The lowest BCUT2D eigenvalue weighted by Gasteiger charge is -2.30. The maximum atomic E-state index is 12.7. The van der Waals surface area contributed by atoms with Crippen molar-refractivity contribution in [1.29, 1.82) is 0 Å². The molecule has 0 saturated carbocycles. The Morgan fingerprint density at radius 1 is 1.21 bits per heavy atom. The van der Waals surface area contributed by atoms with Crippen molar-refractivity contribution in [3.05, 3.63) is 11.3 Å². The third-order valence-electron chi connectivity index (χ3n) is 3.59. The zero-order valence-electron chi connectivity index (χ0n) is 16.3. The fourth-order valence-corrected chi connectivity index (χ4v) is 2.93. The summed E-state index contributed by atoms with van der Waals surface area (Å²) in [5.74, 6) is -1.71. The zero-order chi connectivity index (χ0) is 21.9. The molecule has 0 aromatic carbocycles. The van der Waals surface area contributed by atoms with Crippen LogP contribution < -0.4 is 0 Å². The number of alkyl halides is 3. The molecule has 0 saturated heterocycles. The summed E-state index contributed by atoms with van der Waals surface area (Å²) >= 11 is 0. The molecule has 1 aliphatic heterocycles. The highest BCUT2D eigenvalue weighted by Crippen LogP contribution is 2.32. The molecule has 0 aromatic rings. The van der Waals surface area contributed by atoms with Crippen molar-refractivity contribution in [1.82, 2.24) is 4.90 Å². The second-order valence-electron chi connectivity index (χ2n) is 7.08. The molecular formula is C16H24F3NO7S. The first-order valence-electron chi connectivity index (χ1n) is 8.48. The van der Waals surface area contributed by atoms with E-state index in [1.807, 2.05) is 0 Å². The van der Waals surface area contributed by atoms with E-state index in [-0.39, 0.29) is 25.1 Å². The number of hydrogen-bond donors (Lipinski definition) is 0. The molecule has 8 nitrogen and oxygen atoms in total. The van der Waals surface area contributed by atoms with Crippen molar-refractivity contribution in [2.45, 2.75) is 64.6 Å². The van der Waals surface area contributed by atoms with Gasteiger partial charge in [0, 0.05) is 25.4 Å². The second kappa shape index (κ2) is 8.58. The van der Waals surface area contributed by atoms with E-state index in [4.69, 9.17) is 9.47 Å². The zero-order valence-corrected chi connectivity index (χ0v) is 17.1. The predicted octanol–water partition coefficient (Wildman–Crippen LogP) is 3.09. The average Bonchev–Trinajstić information content (AvgIpc) is 2.64. The molecule has 0 bridgehead atoms. The minimum atomic E-state index is -5.98. The fourth-order valence-electron chi connectivity index (χ4n) is 2.39. The standard InChI is InChI=1S/C16H24F3NO7S/c1-6-25-13(21)11-9-10(2)20(14(22)26-15(3,4)5)8-7-12(11)27-28(23,24)16(17,18)19/h10H,6-9H2,1-5H3. The molecule has 0 aromatic heterocycles. The topological polar surface area (TPSA) is 99.2 Å². The quantitative estimate of drug-likeness (QED) is 0.383. The number of rotatable bonds is 4. The van der Waals surface area contributed by atoms with E-state index in [9.17, 15) is 31.2 Å². The van der Waals surface area contributed by atoms with Gasteiger partial charge in [0.2, 0.25) is 0 Å². The summed E-state index contributed by atoms with van der Waals surface area (Å²) in [7, 11) is -5.98. The summed E-state index contributed by atoms with van der Waals surface area (Å²) in [6, 6.07) is -0.677. The Labute approximate surface area is 161 Å². The molecule has 1 unspecified atom stereocenters. The molecule has 0 radical (unpaired) electrons. The number of amides is 1. The first-order valence-corrected chi connectivity index (χ1v) is 9.89. The molecule has 0 N–H and O–H groups in total. The van der Waals surface area contributed by atoms with Crippen LogP contribution in [-0.4, -0.2) is 55.7 Å². The summed E-state index contributed by atoms with van der Waals surface area (Å²) in [4.78, 5) is 25.7. The van der Waals surface area contributed by atoms with Crippen LogP contribution in [0.3, 0.4) is 0 Å². The molecule has 0 spiro atoms. The first kappa shape index (κ1) is 24.1. The van der Waals surface area contributed by atoms with E-state index >= 15 is 0 Å². The average molecular weight is 431 g/mol. The Kier molecular flexibility index (Phi) is 7.37. The molecule has 1 heterocycles. The van der Waals surface area contributed by atoms with Crippen molar-refractivity contribution in [3.8, 4) is 0 Å². The van der Waals surface area contributed by atoms with Crippen LogP contribution in [0.25, 0.3) is 0 Å². The lowest BCUT2D eigenvalue weighted by Crippen LogP contribution is -2.42. The van der Waals surface area contributed by atoms with Gasteiger partial charge in [0.25, 0.3) is 0 Å². The Bertz CT molecular complexity index is 738. The molecule has 0 aliphatic carbocycles. The Morgan fingerprint density at radius 3 is 2.25 bits per heavy atom. The smallest absolute Gasteiger partial charge is 0.463 e. The predicted molar refractivity (Wildman–Crippen MR) is 91.4 cm³/mol. The monoisotopic (exact) mass is 431 g/mol. The van der Waals surface area contributed by atoms with Crippen LogP contribution in [0.2, 0.25) is 0 Å². The van der Waals surface area contributed by atoms with Crippen molar-refractivity contribution in [2.24, 2.45) is 0 Å². The summed E-state index contributed by atoms with van der Waals surface area (Å²) in [6.45, 7) is 7.66. The maximum absolute atomic E-state index is 12.7. The largest absolute Gasteiger partial charge is 0.534 e. The summed E-state index contributed by atoms with van der Waals surface area (Å²) in [6.07, 6.45) is -1.45. The number of halogens is 3. The van der Waals surface area contributed by atoms with Gasteiger partial charge in [-0.2, -0.15) is 21.6 Å². The molecule has 1 amide bonds. The lowest BCUT2D eigenvalue weighted by atomic mass is 10.1. The Balaban J connectivity index is 3.23. The molecule has 162 valence electrons. The van der Waals surface area contributed by atoms with Gasteiger partial charge in [-0.05, 0) is 34.6 Å². The fraction of sp³-hybridized carbons (Fsp3) is 0.750. The number of carbonyl (C=O) groups excluding carboxylic acids is 2. The summed E-state index contributed by atoms with van der Waals surface area (Å²) < 4.78 is 75.2.